The zero-order chi connectivity index (χ0) is 14.8. The molecule has 21 heavy (non-hydrogen) atoms. The first-order valence-electron chi connectivity index (χ1n) is 6.76. The number of hydrogen-bond donors (Lipinski definition) is 0. The zero-order valence-corrected chi connectivity index (χ0v) is 11.3. The Hall–Kier alpha value is -2.67. The average Bonchev–Trinajstić information content (AvgIpc) is 2.51. The molecule has 2 aromatic rings. The molecule has 0 unspecified atom stereocenters. The Balaban J connectivity index is 1.95. The molecule has 0 bridgehead atoms. The van der Waals surface area contributed by atoms with Crippen LogP contribution in [0, 0.1) is 17.1 Å². The van der Waals surface area contributed by atoms with Gasteiger partial charge in [0.15, 0.2) is 0 Å². The number of para-hydroxylation sites is 1. The molecule has 1 aliphatic rings. The maximum Gasteiger partial charge on any atom is 0.227 e. The monoisotopic (exact) mass is 280 g/mol. The van der Waals surface area contributed by atoms with Crippen molar-refractivity contribution in [3.63, 3.8) is 0 Å². The number of hydrogen-bond acceptors (Lipinski definition) is 2. The lowest BCUT2D eigenvalue weighted by atomic mass is 10.0. The molecule has 3 rings (SSSR count). The molecule has 0 saturated carbocycles. The first-order valence-corrected chi connectivity index (χ1v) is 6.76. The van der Waals surface area contributed by atoms with Crippen LogP contribution in [-0.4, -0.2) is 5.91 Å². The van der Waals surface area contributed by atoms with Crippen molar-refractivity contribution < 1.29 is 9.18 Å². The molecule has 0 aromatic heterocycles. The van der Waals surface area contributed by atoms with E-state index >= 15 is 0 Å². The lowest BCUT2D eigenvalue weighted by Crippen LogP contribution is -2.34. The van der Waals surface area contributed by atoms with Crippen LogP contribution in [0.3, 0.4) is 0 Å². The number of nitrogens with zero attached hydrogens (tertiary/aromatic N) is 2. The zero-order valence-electron chi connectivity index (χ0n) is 11.3. The Bertz CT molecular complexity index is 749. The SMILES string of the molecule is N#Cc1ccc(CN2C(=O)CCc3ccccc32)c(F)c1. The Labute approximate surface area is 122 Å². The van der Waals surface area contributed by atoms with Crippen molar-refractivity contribution in [2.45, 2.75) is 19.4 Å². The summed E-state index contributed by atoms with van der Waals surface area (Å²) in [6.07, 6.45) is 1.16. The van der Waals surface area contributed by atoms with Crippen LogP contribution in [0.4, 0.5) is 10.1 Å². The maximum absolute atomic E-state index is 14.0. The van der Waals surface area contributed by atoms with E-state index < -0.39 is 5.82 Å². The van der Waals surface area contributed by atoms with Gasteiger partial charge in [-0.1, -0.05) is 24.3 Å². The van der Waals surface area contributed by atoms with Crippen LogP contribution in [0.25, 0.3) is 0 Å². The van der Waals surface area contributed by atoms with Crippen LogP contribution in [0.2, 0.25) is 0 Å². The van der Waals surface area contributed by atoms with Crippen LogP contribution in [0.5, 0.6) is 0 Å². The highest BCUT2D eigenvalue weighted by Gasteiger charge is 2.24. The smallest absolute Gasteiger partial charge is 0.227 e. The predicted molar refractivity (Wildman–Crippen MR) is 77.1 cm³/mol. The highest BCUT2D eigenvalue weighted by Crippen LogP contribution is 2.29. The largest absolute Gasteiger partial charge is 0.308 e. The van der Waals surface area contributed by atoms with E-state index in [1.54, 1.807) is 17.0 Å². The van der Waals surface area contributed by atoms with Crippen LogP contribution in [0.1, 0.15) is 23.1 Å². The Morgan fingerprint density at radius 2 is 2.00 bits per heavy atom. The van der Waals surface area contributed by atoms with Crippen molar-refractivity contribution in [2.75, 3.05) is 4.90 Å². The van der Waals surface area contributed by atoms with Gasteiger partial charge in [0, 0.05) is 17.7 Å². The Kier molecular flexibility index (Phi) is 3.41. The van der Waals surface area contributed by atoms with Gasteiger partial charge in [0.05, 0.1) is 18.2 Å². The second-order valence-corrected chi connectivity index (χ2v) is 5.03. The molecular weight excluding hydrogens is 267 g/mol. The van der Waals surface area contributed by atoms with Gasteiger partial charge in [0.1, 0.15) is 5.82 Å². The van der Waals surface area contributed by atoms with Crippen molar-refractivity contribution in [2.24, 2.45) is 0 Å². The summed E-state index contributed by atoms with van der Waals surface area (Å²) in [4.78, 5) is 13.8. The first kappa shape index (κ1) is 13.3. The Morgan fingerprint density at radius 3 is 2.76 bits per heavy atom. The molecule has 0 saturated heterocycles. The number of nitriles is 1. The number of rotatable bonds is 2. The van der Waals surface area contributed by atoms with Gasteiger partial charge in [-0.25, -0.2) is 4.39 Å². The van der Waals surface area contributed by atoms with Gasteiger partial charge in [-0.05, 0) is 30.2 Å². The van der Waals surface area contributed by atoms with Crippen LogP contribution in [-0.2, 0) is 17.8 Å². The van der Waals surface area contributed by atoms with Crippen LogP contribution < -0.4 is 4.90 Å². The topological polar surface area (TPSA) is 44.1 Å². The van der Waals surface area contributed by atoms with Gasteiger partial charge in [0.25, 0.3) is 0 Å². The number of carbonyl (C=O) groups excluding carboxylic acids is 1. The van der Waals surface area contributed by atoms with E-state index in [0.717, 1.165) is 17.7 Å². The van der Waals surface area contributed by atoms with Crippen molar-refractivity contribution in [3.05, 3.63) is 65.0 Å². The summed E-state index contributed by atoms with van der Waals surface area (Å²) in [6.45, 7) is 0.188. The third-order valence-electron chi connectivity index (χ3n) is 3.70. The number of carbonyl (C=O) groups is 1. The van der Waals surface area contributed by atoms with Crippen molar-refractivity contribution in [1.82, 2.24) is 0 Å². The van der Waals surface area contributed by atoms with Gasteiger partial charge in [-0.3, -0.25) is 4.79 Å². The summed E-state index contributed by atoms with van der Waals surface area (Å²) < 4.78 is 14.0. The summed E-state index contributed by atoms with van der Waals surface area (Å²) in [7, 11) is 0. The average molecular weight is 280 g/mol. The van der Waals surface area contributed by atoms with Crippen molar-refractivity contribution in [3.8, 4) is 6.07 Å². The fraction of sp³-hybridized carbons (Fsp3) is 0.176. The minimum absolute atomic E-state index is 0.00235. The lowest BCUT2D eigenvalue weighted by Gasteiger charge is -2.29. The number of amides is 1. The fourth-order valence-corrected chi connectivity index (χ4v) is 2.59. The minimum atomic E-state index is -0.454. The number of aryl methyl sites for hydroxylation is 1. The summed E-state index contributed by atoms with van der Waals surface area (Å²) in [5, 5.41) is 8.77. The summed E-state index contributed by atoms with van der Waals surface area (Å²) in [5.41, 5.74) is 2.64. The molecule has 104 valence electrons. The molecule has 0 atom stereocenters. The van der Waals surface area contributed by atoms with E-state index in [9.17, 15) is 9.18 Å². The minimum Gasteiger partial charge on any atom is -0.308 e. The van der Waals surface area contributed by atoms with E-state index in [4.69, 9.17) is 5.26 Å². The van der Waals surface area contributed by atoms with Gasteiger partial charge in [-0.2, -0.15) is 5.26 Å². The second-order valence-electron chi connectivity index (χ2n) is 5.03. The molecule has 0 fully saturated rings. The third-order valence-corrected chi connectivity index (χ3v) is 3.70. The van der Waals surface area contributed by atoms with Gasteiger partial charge >= 0.3 is 0 Å². The van der Waals surface area contributed by atoms with Crippen molar-refractivity contribution in [1.29, 1.82) is 5.26 Å². The molecule has 0 spiro atoms. The van der Waals surface area contributed by atoms with Crippen molar-refractivity contribution >= 4 is 11.6 Å². The van der Waals surface area contributed by atoms with Crippen LogP contribution >= 0.6 is 0 Å². The second kappa shape index (κ2) is 5.37. The molecule has 0 radical (unpaired) electrons. The molecule has 4 heteroatoms. The number of benzene rings is 2. The quantitative estimate of drug-likeness (QED) is 0.848. The molecular formula is C17H13FN2O. The van der Waals surface area contributed by atoms with Gasteiger partial charge in [0.2, 0.25) is 5.91 Å². The number of halogens is 1. The predicted octanol–water partition coefficient (Wildman–Crippen LogP) is 3.18. The normalized spacial score (nSPS) is 13.7. The van der Waals surface area contributed by atoms with E-state index in [2.05, 4.69) is 0 Å². The standard InChI is InChI=1S/C17H13FN2O/c18-15-9-12(10-19)5-6-14(15)11-20-16-4-2-1-3-13(16)7-8-17(20)21/h1-6,9H,7-8,11H2. The number of fused-ring (bicyclic) bond motifs is 1. The Morgan fingerprint density at radius 1 is 1.19 bits per heavy atom. The van der Waals surface area contributed by atoms with Gasteiger partial charge < -0.3 is 4.90 Å². The summed E-state index contributed by atoms with van der Waals surface area (Å²) >= 11 is 0. The molecule has 3 nitrogen and oxygen atoms in total. The van der Waals surface area contributed by atoms with Gasteiger partial charge in [-0.15, -0.1) is 0 Å². The molecule has 1 heterocycles. The van der Waals surface area contributed by atoms with E-state index in [1.165, 1.54) is 6.07 Å². The first-order chi connectivity index (χ1) is 10.2. The lowest BCUT2D eigenvalue weighted by molar-refractivity contribution is -0.119. The van der Waals surface area contributed by atoms with E-state index in [-0.39, 0.29) is 18.0 Å². The number of anilines is 1. The molecule has 1 amide bonds. The molecule has 0 aliphatic carbocycles. The fourth-order valence-electron chi connectivity index (χ4n) is 2.59. The molecule has 1 aliphatic heterocycles. The van der Waals surface area contributed by atoms with E-state index in [0.29, 0.717) is 12.0 Å². The highest BCUT2D eigenvalue weighted by molar-refractivity contribution is 5.96. The molecule has 0 N–H and O–H groups in total. The summed E-state index contributed by atoms with van der Waals surface area (Å²) in [5.74, 6) is -0.456. The molecule has 2 aromatic carbocycles. The summed E-state index contributed by atoms with van der Waals surface area (Å²) in [6, 6.07) is 13.9. The van der Waals surface area contributed by atoms with Crippen LogP contribution in [0.15, 0.2) is 42.5 Å². The van der Waals surface area contributed by atoms with E-state index in [1.807, 2.05) is 30.3 Å². The highest BCUT2D eigenvalue weighted by atomic mass is 19.1. The third kappa shape index (κ3) is 2.50. The maximum atomic E-state index is 14.0.